The fourth-order valence-electron chi connectivity index (χ4n) is 5.46. The molecule has 4 heteroatoms. The minimum atomic E-state index is 0.546. The normalized spacial score (nSPS) is 37.2. The number of anilines is 2. The van der Waals surface area contributed by atoms with E-state index < -0.39 is 0 Å². The van der Waals surface area contributed by atoms with E-state index in [0.717, 1.165) is 36.7 Å². The molecule has 1 aromatic heterocycles. The van der Waals surface area contributed by atoms with Gasteiger partial charge in [-0.05, 0) is 55.5 Å². The molecule has 24 heavy (non-hydrogen) atoms. The molecule has 2 N–H and O–H groups in total. The molecule has 4 fully saturated rings. The first kappa shape index (κ1) is 16.2. The average molecular weight is 329 g/mol. The van der Waals surface area contributed by atoms with Crippen molar-refractivity contribution in [1.29, 1.82) is 0 Å². The number of nitrogens with one attached hydrogen (secondary N) is 2. The van der Waals surface area contributed by atoms with Crippen LogP contribution in [-0.4, -0.2) is 37.2 Å². The van der Waals surface area contributed by atoms with Crippen molar-refractivity contribution in [1.82, 2.24) is 10.3 Å². The molecule has 2 bridgehead atoms. The number of hydrogen-bond donors (Lipinski definition) is 2. The zero-order valence-corrected chi connectivity index (χ0v) is 15.5. The van der Waals surface area contributed by atoms with Crippen molar-refractivity contribution < 1.29 is 0 Å². The summed E-state index contributed by atoms with van der Waals surface area (Å²) in [6.07, 6.45) is 5.91. The molecule has 1 aliphatic heterocycles. The Morgan fingerprint density at radius 3 is 2.79 bits per heavy atom. The summed E-state index contributed by atoms with van der Waals surface area (Å²) in [5.74, 6) is 3.54. The summed E-state index contributed by atoms with van der Waals surface area (Å²) in [7, 11) is 2.06. The van der Waals surface area contributed by atoms with Crippen LogP contribution in [-0.2, 0) is 0 Å². The fraction of sp³-hybridized carbons (Fsp3) is 0.750. The molecule has 1 saturated heterocycles. The van der Waals surface area contributed by atoms with Crippen LogP contribution in [0.5, 0.6) is 0 Å². The molecule has 3 saturated carbocycles. The van der Waals surface area contributed by atoms with Crippen LogP contribution in [0, 0.1) is 23.2 Å². The van der Waals surface area contributed by atoms with Crippen LogP contribution in [0.2, 0.25) is 0 Å². The van der Waals surface area contributed by atoms with Gasteiger partial charge in [0, 0.05) is 43.1 Å². The minimum Gasteiger partial charge on any atom is -0.370 e. The van der Waals surface area contributed by atoms with E-state index in [2.05, 4.69) is 60.5 Å². The maximum Gasteiger partial charge on any atom is 0.128 e. The number of pyridine rings is 1. The van der Waals surface area contributed by atoms with E-state index >= 15 is 0 Å². The van der Waals surface area contributed by atoms with Crippen molar-refractivity contribution in [2.24, 2.45) is 23.2 Å². The number of rotatable bonds is 4. The highest BCUT2D eigenvalue weighted by Crippen LogP contribution is 2.61. The molecule has 0 spiro atoms. The van der Waals surface area contributed by atoms with Gasteiger partial charge >= 0.3 is 0 Å². The highest BCUT2D eigenvalue weighted by atomic mass is 15.2. The monoisotopic (exact) mass is 328 g/mol. The lowest BCUT2D eigenvalue weighted by Gasteiger charge is -2.62. The van der Waals surface area contributed by atoms with Crippen molar-refractivity contribution >= 4 is 11.5 Å². The van der Waals surface area contributed by atoms with Gasteiger partial charge in [0.1, 0.15) is 5.82 Å². The van der Waals surface area contributed by atoms with Crippen molar-refractivity contribution in [2.75, 3.05) is 30.4 Å². The van der Waals surface area contributed by atoms with Gasteiger partial charge in [-0.15, -0.1) is 0 Å². The van der Waals surface area contributed by atoms with Crippen molar-refractivity contribution in [3.05, 3.63) is 18.3 Å². The van der Waals surface area contributed by atoms with E-state index in [4.69, 9.17) is 0 Å². The summed E-state index contributed by atoms with van der Waals surface area (Å²) in [6, 6.07) is 5.58. The van der Waals surface area contributed by atoms with Crippen LogP contribution < -0.4 is 15.5 Å². The SMILES string of the molecule is CN[C@@H]1CCN(c2ccnc(N[C@H]3C[C@@H]4C[C@@H]([C@H]3C)C4(C)C)c2)C1. The molecule has 1 aromatic rings. The maximum absolute atomic E-state index is 4.60. The lowest BCUT2D eigenvalue weighted by Crippen LogP contribution is -2.58. The Kier molecular flexibility index (Phi) is 3.98. The van der Waals surface area contributed by atoms with Crippen LogP contribution in [0.1, 0.15) is 40.0 Å². The topological polar surface area (TPSA) is 40.2 Å². The summed E-state index contributed by atoms with van der Waals surface area (Å²) < 4.78 is 0. The maximum atomic E-state index is 4.60. The molecule has 2 heterocycles. The fourth-order valence-corrected chi connectivity index (χ4v) is 5.46. The van der Waals surface area contributed by atoms with Gasteiger partial charge in [-0.25, -0.2) is 4.98 Å². The largest absolute Gasteiger partial charge is 0.370 e. The van der Waals surface area contributed by atoms with Crippen LogP contribution in [0.25, 0.3) is 0 Å². The lowest BCUT2D eigenvalue weighted by molar-refractivity contribution is -0.105. The van der Waals surface area contributed by atoms with Crippen LogP contribution >= 0.6 is 0 Å². The average Bonchev–Trinajstić information content (AvgIpc) is 3.05. The van der Waals surface area contributed by atoms with Gasteiger partial charge in [0.05, 0.1) is 0 Å². The van der Waals surface area contributed by atoms with Crippen LogP contribution in [0.4, 0.5) is 11.5 Å². The van der Waals surface area contributed by atoms with Crippen molar-refractivity contribution in [3.8, 4) is 0 Å². The van der Waals surface area contributed by atoms with Crippen molar-refractivity contribution in [2.45, 2.75) is 52.1 Å². The van der Waals surface area contributed by atoms with Crippen molar-refractivity contribution in [3.63, 3.8) is 0 Å². The number of hydrogen-bond acceptors (Lipinski definition) is 4. The Balaban J connectivity index is 1.44. The first-order chi connectivity index (χ1) is 11.5. The molecular weight excluding hydrogens is 296 g/mol. The lowest BCUT2D eigenvalue weighted by atomic mass is 9.45. The number of likely N-dealkylation sites (N-methyl/N-ethyl adjacent to an activating group) is 1. The zero-order valence-electron chi connectivity index (χ0n) is 15.5. The third-order valence-electron chi connectivity index (χ3n) is 7.39. The van der Waals surface area contributed by atoms with E-state index in [1.807, 2.05) is 6.20 Å². The van der Waals surface area contributed by atoms with Gasteiger partial charge in [0.15, 0.2) is 0 Å². The molecule has 0 unspecified atom stereocenters. The summed E-state index contributed by atoms with van der Waals surface area (Å²) in [5, 5.41) is 7.16. The second kappa shape index (κ2) is 5.91. The van der Waals surface area contributed by atoms with Gasteiger partial charge < -0.3 is 15.5 Å². The van der Waals surface area contributed by atoms with E-state index in [1.54, 1.807) is 0 Å². The molecule has 4 aliphatic rings. The summed E-state index contributed by atoms with van der Waals surface area (Å²) in [6.45, 7) is 9.58. The predicted molar refractivity (Wildman–Crippen MR) is 100 cm³/mol. The molecule has 0 radical (unpaired) electrons. The number of aromatic nitrogens is 1. The minimum absolute atomic E-state index is 0.546. The van der Waals surface area contributed by atoms with E-state index in [-0.39, 0.29) is 0 Å². The van der Waals surface area contributed by atoms with Gasteiger partial charge in [0.25, 0.3) is 0 Å². The molecule has 132 valence electrons. The third-order valence-corrected chi connectivity index (χ3v) is 7.39. The molecule has 5 rings (SSSR count). The van der Waals surface area contributed by atoms with E-state index in [0.29, 0.717) is 17.5 Å². The Morgan fingerprint density at radius 2 is 2.12 bits per heavy atom. The Labute approximate surface area is 146 Å². The first-order valence-electron chi connectivity index (χ1n) is 9.64. The molecule has 5 atom stereocenters. The summed E-state index contributed by atoms with van der Waals surface area (Å²) >= 11 is 0. The van der Waals surface area contributed by atoms with Gasteiger partial charge in [-0.2, -0.15) is 0 Å². The quantitative estimate of drug-likeness (QED) is 0.889. The van der Waals surface area contributed by atoms with E-state index in [1.165, 1.54) is 24.9 Å². The molecular formula is C20H32N4. The predicted octanol–water partition coefficient (Wildman–Crippen LogP) is 3.36. The Hall–Kier alpha value is -1.29. The molecule has 4 nitrogen and oxygen atoms in total. The number of nitrogens with zero attached hydrogens (tertiary/aromatic N) is 2. The highest BCUT2D eigenvalue weighted by molar-refractivity contribution is 5.55. The van der Waals surface area contributed by atoms with Crippen LogP contribution in [0.15, 0.2) is 18.3 Å². The highest BCUT2D eigenvalue weighted by Gasteiger charge is 2.56. The second-order valence-corrected chi connectivity index (χ2v) is 8.83. The Morgan fingerprint density at radius 1 is 1.29 bits per heavy atom. The Bertz CT molecular complexity index is 599. The molecule has 0 aromatic carbocycles. The second-order valence-electron chi connectivity index (χ2n) is 8.83. The third kappa shape index (κ3) is 2.59. The van der Waals surface area contributed by atoms with E-state index in [9.17, 15) is 0 Å². The summed E-state index contributed by atoms with van der Waals surface area (Å²) in [5.41, 5.74) is 1.85. The number of fused-ring (bicyclic) bond motifs is 2. The standard InChI is InChI=1S/C20H32N4/c1-13-17-9-14(20(17,2)3)10-18(13)23-19-11-16(5-7-22-19)24-8-6-15(12-24)21-4/h5,7,11,13-15,17-18,21H,6,8-10,12H2,1-4H3,(H,22,23)/t13-,14+,15-,17+,18+/m1/s1. The zero-order chi connectivity index (χ0) is 16.9. The smallest absolute Gasteiger partial charge is 0.128 e. The molecule has 0 amide bonds. The first-order valence-corrected chi connectivity index (χ1v) is 9.64. The van der Waals surface area contributed by atoms with Gasteiger partial charge in [-0.1, -0.05) is 20.8 Å². The molecule has 3 aliphatic carbocycles. The van der Waals surface area contributed by atoms with Gasteiger partial charge in [0.2, 0.25) is 0 Å². The van der Waals surface area contributed by atoms with Gasteiger partial charge in [-0.3, -0.25) is 0 Å². The van der Waals surface area contributed by atoms with Crippen LogP contribution in [0.3, 0.4) is 0 Å². The summed E-state index contributed by atoms with van der Waals surface area (Å²) in [4.78, 5) is 7.07.